The number of hydrogen-bond donors (Lipinski definition) is 0. The summed E-state index contributed by atoms with van der Waals surface area (Å²) in [5, 5.41) is 4.57. The van der Waals surface area contributed by atoms with Crippen LogP contribution in [-0.2, 0) is 11.4 Å². The smallest absolute Gasteiger partial charge is 0.142 e. The lowest BCUT2D eigenvalue weighted by Gasteiger charge is -2.58. The molecular formula is C34H51NO. The Morgan fingerprint density at radius 2 is 1.72 bits per heavy atom. The molecule has 0 aromatic heterocycles. The molecule has 0 bridgehead atoms. The predicted molar refractivity (Wildman–Crippen MR) is 152 cm³/mol. The molecule has 2 heteroatoms. The van der Waals surface area contributed by atoms with Gasteiger partial charge in [0, 0.05) is 0 Å². The van der Waals surface area contributed by atoms with Crippen molar-refractivity contribution in [3.8, 4) is 0 Å². The van der Waals surface area contributed by atoms with E-state index in [0.717, 1.165) is 47.6 Å². The molecule has 5 rings (SSSR count). The van der Waals surface area contributed by atoms with E-state index in [1.807, 2.05) is 6.07 Å². The summed E-state index contributed by atoms with van der Waals surface area (Å²) >= 11 is 0. The molecule has 0 spiro atoms. The second kappa shape index (κ2) is 10.7. The first-order chi connectivity index (χ1) is 17.3. The van der Waals surface area contributed by atoms with Crippen LogP contribution in [0.3, 0.4) is 0 Å². The summed E-state index contributed by atoms with van der Waals surface area (Å²) in [6.45, 7) is 13.2. The van der Waals surface area contributed by atoms with Crippen molar-refractivity contribution in [2.45, 2.75) is 112 Å². The Morgan fingerprint density at radius 1 is 0.917 bits per heavy atom. The van der Waals surface area contributed by atoms with Crippen LogP contribution >= 0.6 is 0 Å². The third kappa shape index (κ3) is 4.95. The molecule has 0 radical (unpaired) electrons. The van der Waals surface area contributed by atoms with Gasteiger partial charge in [0.25, 0.3) is 0 Å². The zero-order valence-corrected chi connectivity index (χ0v) is 23.8. The third-order valence-corrected chi connectivity index (χ3v) is 11.4. The standard InChI is InChI=1S/C34H51NO/c1-24(2)10-9-11-25(3)30-16-17-31-29-15-14-27-22-28(35-36-23-26-12-7-6-8-13-26)18-20-33(27,4)32(29)19-21-34(30,31)5/h6-8,12-13,22,24-25,29-32H,9-11,14-21,23H2,1-5H3/b35-28+/t25-,29+,30-,31+,32+,33+,34-/m1/s1. The van der Waals surface area contributed by atoms with Gasteiger partial charge in [0.15, 0.2) is 0 Å². The number of hydrogen-bond acceptors (Lipinski definition) is 2. The minimum atomic E-state index is 0.379. The van der Waals surface area contributed by atoms with Crippen molar-refractivity contribution in [3.63, 3.8) is 0 Å². The van der Waals surface area contributed by atoms with Crippen LogP contribution in [0.4, 0.5) is 0 Å². The second-order valence-corrected chi connectivity index (χ2v) is 13.9. The van der Waals surface area contributed by atoms with Gasteiger partial charge in [-0.2, -0.15) is 0 Å². The molecule has 0 amide bonds. The maximum absolute atomic E-state index is 5.77. The van der Waals surface area contributed by atoms with Gasteiger partial charge in [-0.05, 0) is 109 Å². The number of fused-ring (bicyclic) bond motifs is 5. The van der Waals surface area contributed by atoms with Crippen molar-refractivity contribution in [2.24, 2.45) is 51.5 Å². The molecule has 3 fully saturated rings. The lowest BCUT2D eigenvalue weighted by atomic mass is 9.46. The van der Waals surface area contributed by atoms with Crippen LogP contribution in [0.5, 0.6) is 0 Å². The summed E-state index contributed by atoms with van der Waals surface area (Å²) in [4.78, 5) is 5.77. The van der Waals surface area contributed by atoms with E-state index >= 15 is 0 Å². The molecule has 0 aliphatic heterocycles. The maximum atomic E-state index is 5.77. The van der Waals surface area contributed by atoms with E-state index in [1.165, 1.54) is 69.8 Å². The van der Waals surface area contributed by atoms with E-state index in [9.17, 15) is 0 Å². The summed E-state index contributed by atoms with van der Waals surface area (Å²) in [6, 6.07) is 10.4. The van der Waals surface area contributed by atoms with Gasteiger partial charge in [0.2, 0.25) is 0 Å². The Kier molecular flexibility index (Phi) is 7.71. The first-order valence-corrected chi connectivity index (χ1v) is 15.2. The average Bonchev–Trinajstić information content (AvgIpc) is 3.22. The first kappa shape index (κ1) is 26.1. The van der Waals surface area contributed by atoms with Crippen LogP contribution in [0.15, 0.2) is 47.1 Å². The molecule has 2 nitrogen and oxygen atoms in total. The molecule has 198 valence electrons. The van der Waals surface area contributed by atoms with Gasteiger partial charge in [-0.3, -0.25) is 0 Å². The summed E-state index contributed by atoms with van der Waals surface area (Å²) in [5.41, 5.74) is 4.99. The van der Waals surface area contributed by atoms with Crippen LogP contribution < -0.4 is 0 Å². The highest BCUT2D eigenvalue weighted by Gasteiger charge is 2.59. The second-order valence-electron chi connectivity index (χ2n) is 13.9. The Bertz CT molecular complexity index is 947. The molecule has 7 atom stereocenters. The zero-order valence-electron chi connectivity index (χ0n) is 23.8. The Morgan fingerprint density at radius 3 is 2.50 bits per heavy atom. The van der Waals surface area contributed by atoms with Crippen LogP contribution in [0.25, 0.3) is 0 Å². The van der Waals surface area contributed by atoms with Crippen LogP contribution in [0, 0.1) is 46.3 Å². The van der Waals surface area contributed by atoms with Gasteiger partial charge < -0.3 is 4.84 Å². The van der Waals surface area contributed by atoms with E-state index < -0.39 is 0 Å². The largest absolute Gasteiger partial charge is 0.391 e. The molecule has 0 saturated heterocycles. The SMILES string of the molecule is CC(C)CCC[C@@H](C)[C@H]1CC[C@H]2[C@@H]3CCC4=C/C(=N/OCc5ccccc5)CC[C@]4(C)[C@H]3CC[C@]12C. The Labute approximate surface area is 221 Å². The molecule has 1 aromatic rings. The van der Waals surface area contributed by atoms with Gasteiger partial charge in [-0.15, -0.1) is 0 Å². The van der Waals surface area contributed by atoms with Gasteiger partial charge in [-0.25, -0.2) is 0 Å². The fraction of sp³-hybridized carbons (Fsp3) is 0.735. The zero-order chi connectivity index (χ0) is 25.3. The summed E-state index contributed by atoms with van der Waals surface area (Å²) in [7, 11) is 0. The normalized spacial score (nSPS) is 37.7. The van der Waals surface area contributed by atoms with Crippen molar-refractivity contribution in [2.75, 3.05) is 0 Å². The lowest BCUT2D eigenvalue weighted by Crippen LogP contribution is -2.51. The number of oxime groups is 1. The minimum absolute atomic E-state index is 0.379. The molecule has 36 heavy (non-hydrogen) atoms. The van der Waals surface area contributed by atoms with Crippen LogP contribution in [0.1, 0.15) is 111 Å². The van der Waals surface area contributed by atoms with Crippen molar-refractivity contribution >= 4 is 5.71 Å². The third-order valence-electron chi connectivity index (χ3n) is 11.4. The van der Waals surface area contributed by atoms with Crippen molar-refractivity contribution < 1.29 is 4.84 Å². The summed E-state index contributed by atoms with van der Waals surface area (Å²) in [6.07, 6.45) is 17.6. The Hall–Kier alpha value is -1.57. The molecule has 0 heterocycles. The van der Waals surface area contributed by atoms with E-state index in [4.69, 9.17) is 4.84 Å². The molecule has 1 aromatic carbocycles. The minimum Gasteiger partial charge on any atom is -0.391 e. The number of allylic oxidation sites excluding steroid dienone is 2. The Balaban J connectivity index is 1.24. The fourth-order valence-corrected chi connectivity index (χ4v) is 9.43. The van der Waals surface area contributed by atoms with Gasteiger partial charge in [-0.1, -0.05) is 94.9 Å². The average molecular weight is 490 g/mol. The molecular weight excluding hydrogens is 438 g/mol. The molecule has 4 aliphatic rings. The van der Waals surface area contributed by atoms with Gasteiger partial charge in [0.05, 0.1) is 5.71 Å². The predicted octanol–water partition coefficient (Wildman–Crippen LogP) is 9.60. The molecule has 0 N–H and O–H groups in total. The quantitative estimate of drug-likeness (QED) is 0.333. The monoisotopic (exact) mass is 489 g/mol. The highest BCUT2D eigenvalue weighted by Crippen LogP contribution is 2.67. The number of nitrogens with zero attached hydrogens (tertiary/aromatic N) is 1. The molecule has 3 saturated carbocycles. The van der Waals surface area contributed by atoms with Crippen LogP contribution in [0.2, 0.25) is 0 Å². The van der Waals surface area contributed by atoms with E-state index in [0.29, 0.717) is 17.4 Å². The van der Waals surface area contributed by atoms with Crippen molar-refractivity contribution in [1.82, 2.24) is 0 Å². The van der Waals surface area contributed by atoms with E-state index in [1.54, 1.807) is 5.57 Å². The first-order valence-electron chi connectivity index (χ1n) is 15.2. The van der Waals surface area contributed by atoms with E-state index in [-0.39, 0.29) is 0 Å². The van der Waals surface area contributed by atoms with Crippen molar-refractivity contribution in [1.29, 1.82) is 0 Å². The molecule has 4 aliphatic carbocycles. The summed E-state index contributed by atoms with van der Waals surface area (Å²) in [5.74, 6) is 5.46. The van der Waals surface area contributed by atoms with Crippen molar-refractivity contribution in [3.05, 3.63) is 47.5 Å². The van der Waals surface area contributed by atoms with Gasteiger partial charge >= 0.3 is 0 Å². The van der Waals surface area contributed by atoms with Crippen LogP contribution in [-0.4, -0.2) is 5.71 Å². The fourth-order valence-electron chi connectivity index (χ4n) is 9.43. The summed E-state index contributed by atoms with van der Waals surface area (Å²) < 4.78 is 0. The highest BCUT2D eigenvalue weighted by atomic mass is 16.6. The molecule has 0 unspecified atom stereocenters. The van der Waals surface area contributed by atoms with E-state index in [2.05, 4.69) is 70.1 Å². The maximum Gasteiger partial charge on any atom is 0.142 e. The number of benzene rings is 1. The lowest BCUT2D eigenvalue weighted by molar-refractivity contribution is -0.0574. The highest BCUT2D eigenvalue weighted by molar-refractivity contribution is 5.96. The number of rotatable bonds is 8. The topological polar surface area (TPSA) is 21.6 Å². The van der Waals surface area contributed by atoms with Gasteiger partial charge in [0.1, 0.15) is 6.61 Å².